The lowest BCUT2D eigenvalue weighted by atomic mass is 10.3. The van der Waals surface area contributed by atoms with Gasteiger partial charge >= 0.3 is 0 Å². The summed E-state index contributed by atoms with van der Waals surface area (Å²) in [6.07, 6.45) is 2.53. The maximum Gasteiger partial charge on any atom is 0.147 e. The highest BCUT2D eigenvalue weighted by atomic mass is 35.5. The van der Waals surface area contributed by atoms with Crippen LogP contribution in [-0.2, 0) is 0 Å². The lowest BCUT2D eigenvalue weighted by Gasteiger charge is -2.11. The summed E-state index contributed by atoms with van der Waals surface area (Å²) in [5.74, 6) is 1.17. The molecule has 0 bridgehead atoms. The van der Waals surface area contributed by atoms with E-state index in [-0.39, 0.29) is 0 Å². The van der Waals surface area contributed by atoms with E-state index in [1.807, 2.05) is 0 Å². The quantitative estimate of drug-likeness (QED) is 0.478. The molecule has 1 aromatic rings. The first-order valence-electron chi connectivity index (χ1n) is 4.55. The summed E-state index contributed by atoms with van der Waals surface area (Å²) in [6, 6.07) is 3.36. The van der Waals surface area contributed by atoms with Crippen LogP contribution in [0.3, 0.4) is 0 Å². The molecule has 1 rings (SSSR count). The fourth-order valence-electron chi connectivity index (χ4n) is 1.06. The first-order chi connectivity index (χ1) is 7.19. The molecule has 0 aliphatic carbocycles. The molecule has 0 saturated carbocycles. The average Bonchev–Trinajstić information content (AvgIpc) is 2.24. The molecule has 0 aromatic heterocycles. The minimum absolute atomic E-state index is 0.432. The summed E-state index contributed by atoms with van der Waals surface area (Å²) in [5.41, 5.74) is 6.18. The van der Waals surface area contributed by atoms with Gasteiger partial charge in [-0.3, -0.25) is 0 Å². The van der Waals surface area contributed by atoms with E-state index in [0.29, 0.717) is 28.8 Å². The number of anilines is 1. The summed E-state index contributed by atoms with van der Waals surface area (Å²) < 4.78 is 10.5. The highest BCUT2D eigenvalue weighted by Crippen LogP contribution is 2.34. The van der Waals surface area contributed by atoms with Gasteiger partial charge in [0.2, 0.25) is 0 Å². The Morgan fingerprint density at radius 3 is 2.87 bits per heavy atom. The van der Waals surface area contributed by atoms with Gasteiger partial charge in [-0.15, -0.1) is 6.58 Å². The number of rotatable bonds is 5. The molecule has 0 heterocycles. The van der Waals surface area contributed by atoms with Gasteiger partial charge in [0.25, 0.3) is 0 Å². The van der Waals surface area contributed by atoms with E-state index in [1.165, 1.54) is 0 Å². The van der Waals surface area contributed by atoms with Crippen LogP contribution < -0.4 is 15.2 Å². The molecule has 0 fully saturated rings. The molecule has 2 N–H and O–H groups in total. The third-order valence-electron chi connectivity index (χ3n) is 1.88. The Balaban J connectivity index is 2.84. The molecule has 0 radical (unpaired) electrons. The van der Waals surface area contributed by atoms with E-state index < -0.39 is 0 Å². The predicted molar refractivity (Wildman–Crippen MR) is 62.7 cm³/mol. The van der Waals surface area contributed by atoms with Crippen LogP contribution in [0.1, 0.15) is 6.42 Å². The summed E-state index contributed by atoms with van der Waals surface area (Å²) in [6.45, 7) is 4.13. The molecule has 82 valence electrons. The van der Waals surface area contributed by atoms with Crippen molar-refractivity contribution in [2.24, 2.45) is 0 Å². The van der Waals surface area contributed by atoms with Gasteiger partial charge in [-0.25, -0.2) is 0 Å². The molecule has 0 unspecified atom stereocenters. The highest BCUT2D eigenvalue weighted by molar-refractivity contribution is 6.33. The second kappa shape index (κ2) is 5.51. The van der Waals surface area contributed by atoms with Crippen molar-refractivity contribution in [3.63, 3.8) is 0 Å². The molecule has 0 aliphatic heterocycles. The third-order valence-corrected chi connectivity index (χ3v) is 2.19. The lowest BCUT2D eigenvalue weighted by Crippen LogP contribution is -2.00. The van der Waals surface area contributed by atoms with Crippen LogP contribution in [0, 0.1) is 0 Å². The molecule has 0 spiro atoms. The van der Waals surface area contributed by atoms with Gasteiger partial charge in [0.1, 0.15) is 11.5 Å². The maximum atomic E-state index is 5.91. The topological polar surface area (TPSA) is 44.5 Å². The van der Waals surface area contributed by atoms with Crippen LogP contribution >= 0.6 is 11.6 Å². The van der Waals surface area contributed by atoms with Gasteiger partial charge < -0.3 is 15.2 Å². The molecule has 0 saturated heterocycles. The number of halogens is 1. The summed E-state index contributed by atoms with van der Waals surface area (Å²) in [5, 5.41) is 0.433. The fraction of sp³-hybridized carbons (Fsp3) is 0.273. The zero-order valence-corrected chi connectivity index (χ0v) is 9.38. The van der Waals surface area contributed by atoms with Crippen molar-refractivity contribution in [2.75, 3.05) is 19.5 Å². The summed E-state index contributed by atoms with van der Waals surface area (Å²) in [7, 11) is 1.56. The second-order valence-electron chi connectivity index (χ2n) is 2.95. The highest BCUT2D eigenvalue weighted by Gasteiger charge is 2.07. The van der Waals surface area contributed by atoms with Crippen LogP contribution in [0.2, 0.25) is 5.02 Å². The van der Waals surface area contributed by atoms with Crippen molar-refractivity contribution in [1.29, 1.82) is 0 Å². The second-order valence-corrected chi connectivity index (χ2v) is 3.35. The number of nitrogen functional groups attached to an aromatic ring is 1. The third kappa shape index (κ3) is 3.06. The van der Waals surface area contributed by atoms with Crippen LogP contribution in [0.4, 0.5) is 5.69 Å². The minimum Gasteiger partial charge on any atom is -0.497 e. The normalized spacial score (nSPS) is 9.73. The van der Waals surface area contributed by atoms with Gasteiger partial charge in [0.05, 0.1) is 24.4 Å². The monoisotopic (exact) mass is 227 g/mol. The van der Waals surface area contributed by atoms with E-state index in [4.69, 9.17) is 26.8 Å². The number of hydrogen-bond acceptors (Lipinski definition) is 3. The predicted octanol–water partition coefficient (Wildman–Crippen LogP) is 2.89. The van der Waals surface area contributed by atoms with Crippen molar-refractivity contribution in [3.05, 3.63) is 29.8 Å². The Labute approximate surface area is 94.4 Å². The number of ether oxygens (including phenoxy) is 2. The zero-order chi connectivity index (χ0) is 11.3. The SMILES string of the molecule is C=CCCOc1cc(OC)cc(Cl)c1N. The Morgan fingerprint density at radius 2 is 2.27 bits per heavy atom. The van der Waals surface area contributed by atoms with Crippen molar-refractivity contribution >= 4 is 17.3 Å². The van der Waals surface area contributed by atoms with Gasteiger partial charge in [0.15, 0.2) is 0 Å². The Morgan fingerprint density at radius 1 is 1.53 bits per heavy atom. The number of methoxy groups -OCH3 is 1. The van der Waals surface area contributed by atoms with Crippen molar-refractivity contribution in [1.82, 2.24) is 0 Å². The van der Waals surface area contributed by atoms with E-state index >= 15 is 0 Å². The number of nitrogens with two attached hydrogens (primary N) is 1. The first-order valence-corrected chi connectivity index (χ1v) is 4.93. The van der Waals surface area contributed by atoms with Crippen molar-refractivity contribution in [2.45, 2.75) is 6.42 Å². The molecule has 0 aliphatic rings. The largest absolute Gasteiger partial charge is 0.497 e. The van der Waals surface area contributed by atoms with Crippen molar-refractivity contribution in [3.8, 4) is 11.5 Å². The summed E-state index contributed by atoms with van der Waals surface area (Å²) >= 11 is 5.91. The molecule has 1 aromatic carbocycles. The molecule has 0 atom stereocenters. The molecule has 15 heavy (non-hydrogen) atoms. The van der Waals surface area contributed by atoms with Crippen LogP contribution in [0.25, 0.3) is 0 Å². The Hall–Kier alpha value is -1.35. The van der Waals surface area contributed by atoms with E-state index in [9.17, 15) is 0 Å². The maximum absolute atomic E-state index is 5.91. The molecule has 3 nitrogen and oxygen atoms in total. The number of hydrogen-bond donors (Lipinski definition) is 1. The number of benzene rings is 1. The Bertz CT molecular complexity index is 353. The molecule has 4 heteroatoms. The zero-order valence-electron chi connectivity index (χ0n) is 8.63. The van der Waals surface area contributed by atoms with Gasteiger partial charge in [0, 0.05) is 12.1 Å². The standard InChI is InChI=1S/C11H14ClNO2/c1-3-4-5-15-10-7-8(14-2)6-9(12)11(10)13/h3,6-7H,1,4-5,13H2,2H3. The van der Waals surface area contributed by atoms with Crippen molar-refractivity contribution < 1.29 is 9.47 Å². The van der Waals surface area contributed by atoms with Crippen LogP contribution in [0.5, 0.6) is 11.5 Å². The smallest absolute Gasteiger partial charge is 0.147 e. The summed E-state index contributed by atoms with van der Waals surface area (Å²) in [4.78, 5) is 0. The van der Waals surface area contributed by atoms with E-state index in [0.717, 1.165) is 6.42 Å². The Kier molecular flexibility index (Phi) is 4.31. The van der Waals surface area contributed by atoms with Crippen LogP contribution in [-0.4, -0.2) is 13.7 Å². The van der Waals surface area contributed by atoms with Gasteiger partial charge in [-0.05, 0) is 6.42 Å². The fourth-order valence-corrected chi connectivity index (χ4v) is 1.26. The molecular weight excluding hydrogens is 214 g/mol. The van der Waals surface area contributed by atoms with E-state index in [2.05, 4.69) is 6.58 Å². The van der Waals surface area contributed by atoms with E-state index in [1.54, 1.807) is 25.3 Å². The molecule has 0 amide bonds. The average molecular weight is 228 g/mol. The van der Waals surface area contributed by atoms with Crippen LogP contribution in [0.15, 0.2) is 24.8 Å². The van der Waals surface area contributed by atoms with Gasteiger partial charge in [-0.2, -0.15) is 0 Å². The minimum atomic E-state index is 0.432. The first kappa shape index (κ1) is 11.7. The lowest BCUT2D eigenvalue weighted by molar-refractivity contribution is 0.323. The molecular formula is C11H14ClNO2. The van der Waals surface area contributed by atoms with Gasteiger partial charge in [-0.1, -0.05) is 17.7 Å².